The summed E-state index contributed by atoms with van der Waals surface area (Å²) in [5, 5.41) is 0. The van der Waals surface area contributed by atoms with Crippen molar-refractivity contribution in [2.45, 2.75) is 6.92 Å². The number of thioether (sulfide) groups is 1. The number of hydrogen-bond donors (Lipinski definition) is 0. The number of rotatable bonds is 11. The average Bonchev–Trinajstić information content (AvgIpc) is 3.06. The number of amides is 1. The SMILES string of the molecule is C=CCN1C(=O)C(=Cc2cc(Br)c(OCCOc3ccccc3OC)c(OCC)c2)SC1=S. The smallest absolute Gasteiger partial charge is 0.266 e. The zero-order chi connectivity index (χ0) is 23.8. The first kappa shape index (κ1) is 25.1. The third-order valence-electron chi connectivity index (χ3n) is 4.47. The lowest BCUT2D eigenvalue weighted by molar-refractivity contribution is -0.121. The number of carbonyl (C=O) groups excluding carboxylic acids is 1. The predicted molar refractivity (Wildman–Crippen MR) is 139 cm³/mol. The van der Waals surface area contributed by atoms with Gasteiger partial charge in [0.15, 0.2) is 23.0 Å². The minimum atomic E-state index is -0.132. The zero-order valence-corrected chi connectivity index (χ0v) is 21.6. The molecule has 1 aliphatic heterocycles. The van der Waals surface area contributed by atoms with Gasteiger partial charge < -0.3 is 18.9 Å². The predicted octanol–water partition coefficient (Wildman–Crippen LogP) is 5.70. The molecule has 3 rings (SSSR count). The molecule has 174 valence electrons. The van der Waals surface area contributed by atoms with Gasteiger partial charge in [-0.05, 0) is 58.8 Å². The Kier molecular flexibility index (Phi) is 9.22. The molecular weight excluding hydrogens is 526 g/mol. The van der Waals surface area contributed by atoms with Crippen molar-refractivity contribution in [2.75, 3.05) is 33.5 Å². The molecule has 1 aliphatic rings. The number of carbonyl (C=O) groups is 1. The van der Waals surface area contributed by atoms with Crippen LogP contribution in [-0.4, -0.2) is 48.6 Å². The summed E-state index contributed by atoms with van der Waals surface area (Å²) >= 11 is 10.1. The first-order chi connectivity index (χ1) is 16.0. The van der Waals surface area contributed by atoms with Crippen molar-refractivity contribution in [3.05, 3.63) is 64.0 Å². The van der Waals surface area contributed by atoms with Crippen molar-refractivity contribution in [3.63, 3.8) is 0 Å². The quantitative estimate of drug-likeness (QED) is 0.154. The molecule has 1 heterocycles. The topological polar surface area (TPSA) is 57.2 Å². The maximum Gasteiger partial charge on any atom is 0.266 e. The van der Waals surface area contributed by atoms with E-state index in [1.807, 2.05) is 43.3 Å². The maximum atomic E-state index is 12.6. The van der Waals surface area contributed by atoms with Crippen LogP contribution < -0.4 is 18.9 Å². The van der Waals surface area contributed by atoms with Crippen LogP contribution in [0.3, 0.4) is 0 Å². The fraction of sp³-hybridized carbons (Fsp3) is 0.250. The van der Waals surface area contributed by atoms with Crippen molar-refractivity contribution in [1.82, 2.24) is 4.90 Å². The van der Waals surface area contributed by atoms with Crippen LogP contribution in [0.4, 0.5) is 0 Å². The van der Waals surface area contributed by atoms with E-state index in [2.05, 4.69) is 22.5 Å². The fourth-order valence-corrected chi connectivity index (χ4v) is 4.89. The molecule has 0 unspecified atom stereocenters. The summed E-state index contributed by atoms with van der Waals surface area (Å²) in [5.74, 6) is 2.31. The molecule has 1 amide bonds. The largest absolute Gasteiger partial charge is 0.493 e. The van der Waals surface area contributed by atoms with Crippen LogP contribution in [0.25, 0.3) is 6.08 Å². The molecule has 33 heavy (non-hydrogen) atoms. The van der Waals surface area contributed by atoms with E-state index in [1.165, 1.54) is 16.7 Å². The molecule has 0 radical (unpaired) electrons. The van der Waals surface area contributed by atoms with E-state index in [9.17, 15) is 4.79 Å². The summed E-state index contributed by atoms with van der Waals surface area (Å²) in [4.78, 5) is 14.7. The minimum absolute atomic E-state index is 0.132. The van der Waals surface area contributed by atoms with Gasteiger partial charge in [-0.3, -0.25) is 9.69 Å². The Morgan fingerprint density at radius 3 is 2.55 bits per heavy atom. The molecule has 2 aromatic rings. The molecule has 6 nitrogen and oxygen atoms in total. The van der Waals surface area contributed by atoms with Crippen molar-refractivity contribution >= 4 is 56.2 Å². The van der Waals surface area contributed by atoms with Crippen LogP contribution in [0.2, 0.25) is 0 Å². The Morgan fingerprint density at radius 1 is 1.12 bits per heavy atom. The molecule has 0 aliphatic carbocycles. The first-order valence-electron chi connectivity index (χ1n) is 10.2. The first-order valence-corrected chi connectivity index (χ1v) is 12.2. The van der Waals surface area contributed by atoms with Crippen molar-refractivity contribution in [2.24, 2.45) is 0 Å². The van der Waals surface area contributed by atoms with Gasteiger partial charge in [0, 0.05) is 6.54 Å². The highest BCUT2D eigenvalue weighted by atomic mass is 79.9. The normalized spacial score (nSPS) is 14.5. The monoisotopic (exact) mass is 549 g/mol. The van der Waals surface area contributed by atoms with Crippen LogP contribution in [0, 0.1) is 0 Å². The Morgan fingerprint density at radius 2 is 1.85 bits per heavy atom. The fourth-order valence-electron chi connectivity index (χ4n) is 3.05. The highest BCUT2D eigenvalue weighted by molar-refractivity contribution is 9.10. The molecule has 0 N–H and O–H groups in total. The second kappa shape index (κ2) is 12.1. The van der Waals surface area contributed by atoms with Crippen LogP contribution in [0.15, 0.2) is 58.4 Å². The van der Waals surface area contributed by atoms with Crippen molar-refractivity contribution in [1.29, 1.82) is 0 Å². The minimum Gasteiger partial charge on any atom is -0.493 e. The van der Waals surface area contributed by atoms with E-state index in [0.29, 0.717) is 63.1 Å². The molecule has 0 aromatic heterocycles. The van der Waals surface area contributed by atoms with Gasteiger partial charge in [0.2, 0.25) is 0 Å². The number of methoxy groups -OCH3 is 1. The zero-order valence-electron chi connectivity index (χ0n) is 18.3. The highest BCUT2D eigenvalue weighted by Crippen LogP contribution is 2.39. The van der Waals surface area contributed by atoms with Gasteiger partial charge in [-0.15, -0.1) is 6.58 Å². The Hall–Kier alpha value is -2.49. The highest BCUT2D eigenvalue weighted by Gasteiger charge is 2.31. The summed E-state index contributed by atoms with van der Waals surface area (Å²) in [7, 11) is 1.60. The summed E-state index contributed by atoms with van der Waals surface area (Å²) in [6.07, 6.45) is 3.45. The lowest BCUT2D eigenvalue weighted by atomic mass is 10.2. The molecule has 1 fully saturated rings. The van der Waals surface area contributed by atoms with Crippen molar-refractivity contribution in [3.8, 4) is 23.0 Å². The number of para-hydroxylation sites is 2. The van der Waals surface area contributed by atoms with Gasteiger partial charge in [0.1, 0.15) is 17.5 Å². The molecule has 1 saturated heterocycles. The maximum absolute atomic E-state index is 12.6. The second-order valence-corrected chi connectivity index (χ2v) is 9.22. The van der Waals surface area contributed by atoms with Crippen LogP contribution in [0.5, 0.6) is 23.0 Å². The number of nitrogens with zero attached hydrogens (tertiary/aromatic N) is 1. The number of thiocarbonyl (C=S) groups is 1. The molecule has 0 saturated carbocycles. The summed E-state index contributed by atoms with van der Waals surface area (Å²) in [6, 6.07) is 11.2. The van der Waals surface area contributed by atoms with E-state index < -0.39 is 0 Å². The molecular formula is C24H24BrNO5S2. The number of hydrogen-bond acceptors (Lipinski definition) is 7. The van der Waals surface area contributed by atoms with E-state index in [4.69, 9.17) is 31.2 Å². The van der Waals surface area contributed by atoms with Crippen LogP contribution in [0.1, 0.15) is 12.5 Å². The Labute approximate surface area is 211 Å². The van der Waals surface area contributed by atoms with E-state index in [0.717, 1.165) is 5.56 Å². The summed E-state index contributed by atoms with van der Waals surface area (Å²) in [6.45, 7) is 7.06. The molecule has 9 heteroatoms. The van der Waals surface area contributed by atoms with E-state index >= 15 is 0 Å². The Bertz CT molecular complexity index is 1070. The third-order valence-corrected chi connectivity index (χ3v) is 6.44. The van der Waals surface area contributed by atoms with E-state index in [1.54, 1.807) is 19.3 Å². The molecule has 2 aromatic carbocycles. The summed E-state index contributed by atoms with van der Waals surface area (Å²) < 4.78 is 24.0. The Balaban J connectivity index is 1.73. The number of halogens is 1. The average molecular weight is 550 g/mol. The van der Waals surface area contributed by atoms with Gasteiger partial charge in [-0.1, -0.05) is 42.2 Å². The number of ether oxygens (including phenoxy) is 4. The molecule has 0 atom stereocenters. The van der Waals surface area contributed by atoms with Gasteiger partial charge in [-0.25, -0.2) is 0 Å². The van der Waals surface area contributed by atoms with Gasteiger partial charge in [-0.2, -0.15) is 0 Å². The summed E-state index contributed by atoms with van der Waals surface area (Å²) in [5.41, 5.74) is 0.794. The molecule has 0 bridgehead atoms. The van der Waals surface area contributed by atoms with E-state index in [-0.39, 0.29) is 5.91 Å². The standard InChI is InChI=1S/C24H24BrNO5S2/c1-4-10-26-23(27)21(33-24(26)32)15-16-13-17(25)22(20(14-16)29-5-2)31-12-11-30-19-9-7-6-8-18(19)28-3/h4,6-9,13-15H,1,5,10-12H2,2-3H3. The second-order valence-electron chi connectivity index (χ2n) is 6.69. The van der Waals surface area contributed by atoms with Gasteiger partial charge in [0.25, 0.3) is 5.91 Å². The number of benzene rings is 2. The van der Waals surface area contributed by atoms with Crippen molar-refractivity contribution < 1.29 is 23.7 Å². The van der Waals surface area contributed by atoms with Crippen LogP contribution >= 0.6 is 39.9 Å². The lowest BCUT2D eigenvalue weighted by Crippen LogP contribution is -2.27. The molecule has 0 spiro atoms. The van der Waals surface area contributed by atoms with Gasteiger partial charge in [0.05, 0.1) is 23.1 Å². The lowest BCUT2D eigenvalue weighted by Gasteiger charge is -2.16. The third kappa shape index (κ3) is 6.31. The van der Waals surface area contributed by atoms with Gasteiger partial charge >= 0.3 is 0 Å². The van der Waals surface area contributed by atoms with Crippen LogP contribution in [-0.2, 0) is 4.79 Å².